The average molecular weight is 463 g/mol. The fourth-order valence-corrected chi connectivity index (χ4v) is 4.41. The first-order chi connectivity index (χ1) is 16.7. The van der Waals surface area contributed by atoms with Crippen LogP contribution in [0.3, 0.4) is 0 Å². The number of nitrogens with zero attached hydrogens (tertiary/aromatic N) is 5. The van der Waals surface area contributed by atoms with Crippen LogP contribution in [0, 0.1) is 0 Å². The van der Waals surface area contributed by atoms with Crippen molar-refractivity contribution in [2.75, 3.05) is 62.8 Å². The van der Waals surface area contributed by atoms with Gasteiger partial charge >= 0.3 is 0 Å². The van der Waals surface area contributed by atoms with Crippen molar-refractivity contribution >= 4 is 28.4 Å². The molecule has 0 spiro atoms. The van der Waals surface area contributed by atoms with Crippen LogP contribution in [0.2, 0.25) is 0 Å². The molecular weight excluding hydrogens is 432 g/mol. The number of amides is 1. The zero-order valence-electron chi connectivity index (χ0n) is 19.4. The number of carbonyl (C=O) groups is 1. The van der Waals surface area contributed by atoms with Crippen LogP contribution >= 0.6 is 0 Å². The fraction of sp³-hybridized carbons (Fsp3) is 0.440. The van der Waals surface area contributed by atoms with Gasteiger partial charge in [-0.1, -0.05) is 19.1 Å². The molecule has 0 radical (unpaired) electrons. The highest BCUT2D eigenvalue weighted by molar-refractivity contribution is 5.88. The summed E-state index contributed by atoms with van der Waals surface area (Å²) in [6.07, 6.45) is 3.77. The normalized spacial score (nSPS) is 18.8. The number of aromatic nitrogens is 3. The number of hydrogen-bond acceptors (Lipinski definition) is 8. The Labute approximate surface area is 199 Å². The zero-order chi connectivity index (χ0) is 23.3. The molecule has 0 aliphatic carbocycles. The van der Waals surface area contributed by atoms with E-state index in [4.69, 9.17) is 14.5 Å². The highest BCUT2D eigenvalue weighted by Crippen LogP contribution is 2.27. The second kappa shape index (κ2) is 10.3. The van der Waals surface area contributed by atoms with Crippen LogP contribution < -0.4 is 10.2 Å². The fourth-order valence-electron chi connectivity index (χ4n) is 4.41. The van der Waals surface area contributed by atoms with Gasteiger partial charge < -0.3 is 24.6 Å². The molecule has 1 aromatic carbocycles. The van der Waals surface area contributed by atoms with Gasteiger partial charge in [0.25, 0.3) is 0 Å². The first kappa shape index (κ1) is 22.5. The van der Waals surface area contributed by atoms with Gasteiger partial charge in [0.15, 0.2) is 5.82 Å². The third-order valence-corrected chi connectivity index (χ3v) is 6.29. The average Bonchev–Trinajstić information content (AvgIpc) is 2.92. The minimum Gasteiger partial charge on any atom is -0.378 e. The van der Waals surface area contributed by atoms with Gasteiger partial charge in [-0.3, -0.25) is 9.78 Å². The largest absolute Gasteiger partial charge is 0.378 e. The van der Waals surface area contributed by atoms with Crippen molar-refractivity contribution in [3.05, 3.63) is 42.7 Å². The summed E-state index contributed by atoms with van der Waals surface area (Å²) in [4.78, 5) is 30.2. The lowest BCUT2D eigenvalue weighted by molar-refractivity contribution is -0.137. The quantitative estimate of drug-likeness (QED) is 0.598. The number of hydrogen-bond donors (Lipinski definition) is 1. The maximum absolute atomic E-state index is 12.1. The summed E-state index contributed by atoms with van der Waals surface area (Å²) < 4.78 is 11.3. The van der Waals surface area contributed by atoms with Crippen molar-refractivity contribution in [3.8, 4) is 11.3 Å². The Morgan fingerprint density at radius 2 is 1.88 bits per heavy atom. The molecule has 1 N–H and O–H groups in total. The molecule has 178 valence electrons. The summed E-state index contributed by atoms with van der Waals surface area (Å²) in [5, 5.41) is 3.41. The van der Waals surface area contributed by atoms with Crippen molar-refractivity contribution < 1.29 is 14.3 Å². The summed E-state index contributed by atoms with van der Waals surface area (Å²) in [6, 6.07) is 10.4. The van der Waals surface area contributed by atoms with Crippen LogP contribution in [0.15, 0.2) is 42.7 Å². The van der Waals surface area contributed by atoms with Crippen LogP contribution in [0.25, 0.3) is 22.3 Å². The number of anilines is 2. The van der Waals surface area contributed by atoms with Crippen molar-refractivity contribution in [2.24, 2.45) is 0 Å². The Bertz CT molecular complexity index is 1130. The van der Waals surface area contributed by atoms with Crippen molar-refractivity contribution in [1.82, 2.24) is 19.9 Å². The summed E-state index contributed by atoms with van der Waals surface area (Å²) in [6.45, 7) is 7.51. The first-order valence-electron chi connectivity index (χ1n) is 11.9. The van der Waals surface area contributed by atoms with E-state index in [9.17, 15) is 4.79 Å². The third-order valence-electron chi connectivity index (χ3n) is 6.29. The number of benzene rings is 1. The Hall–Kier alpha value is -3.30. The summed E-state index contributed by atoms with van der Waals surface area (Å²) >= 11 is 0. The Morgan fingerprint density at radius 3 is 2.68 bits per heavy atom. The number of fused-ring (bicyclic) bond motifs is 1. The predicted molar refractivity (Wildman–Crippen MR) is 131 cm³/mol. The maximum Gasteiger partial charge on any atom is 0.222 e. The molecule has 2 aliphatic heterocycles. The van der Waals surface area contributed by atoms with Gasteiger partial charge in [-0.15, -0.1) is 0 Å². The number of rotatable bonds is 6. The molecule has 0 saturated carbocycles. The summed E-state index contributed by atoms with van der Waals surface area (Å²) in [7, 11) is 0. The van der Waals surface area contributed by atoms with E-state index in [-0.39, 0.29) is 12.0 Å². The lowest BCUT2D eigenvalue weighted by Gasteiger charge is -2.33. The molecular formula is C25H30N6O3. The van der Waals surface area contributed by atoms with E-state index in [1.54, 1.807) is 12.4 Å². The highest BCUT2D eigenvalue weighted by Gasteiger charge is 2.23. The molecule has 1 unspecified atom stereocenters. The van der Waals surface area contributed by atoms with Gasteiger partial charge in [-0.05, 0) is 18.2 Å². The Morgan fingerprint density at radius 1 is 1.09 bits per heavy atom. The minimum atomic E-state index is -0.103. The molecule has 0 bridgehead atoms. The molecule has 34 heavy (non-hydrogen) atoms. The molecule has 2 fully saturated rings. The van der Waals surface area contributed by atoms with Crippen LogP contribution in [0.5, 0.6) is 0 Å². The first-order valence-corrected chi connectivity index (χ1v) is 11.9. The summed E-state index contributed by atoms with van der Waals surface area (Å²) in [5.74, 6) is 0.825. The van der Waals surface area contributed by atoms with E-state index in [0.29, 0.717) is 44.0 Å². The second-order valence-electron chi connectivity index (χ2n) is 8.49. The van der Waals surface area contributed by atoms with Gasteiger partial charge in [-0.25, -0.2) is 9.97 Å². The van der Waals surface area contributed by atoms with Gasteiger partial charge in [0.05, 0.1) is 37.1 Å². The van der Waals surface area contributed by atoms with E-state index in [1.165, 1.54) is 5.69 Å². The number of pyridine rings is 1. The SMILES string of the molecule is CCC(=O)N1CCOC(CNc2nc(-c3ccc(N4CCOCC4)cc3)cc3nccnc23)C1. The molecule has 1 atom stereocenters. The van der Waals surface area contributed by atoms with E-state index in [2.05, 4.69) is 44.5 Å². The van der Waals surface area contributed by atoms with E-state index < -0.39 is 0 Å². The standard InChI is InChI=1S/C25H30N6O3/c1-2-23(32)31-11-14-34-20(17-31)16-28-25-24-22(26-7-8-27-24)15-21(29-25)18-3-5-19(6-4-18)30-9-12-33-13-10-30/h3-8,15,20H,2,9-14,16-17H2,1H3,(H,28,29). The number of ether oxygens (including phenoxy) is 2. The van der Waals surface area contributed by atoms with Crippen LogP contribution in [0.1, 0.15) is 13.3 Å². The predicted octanol–water partition coefficient (Wildman–Crippen LogP) is 2.58. The minimum absolute atomic E-state index is 0.103. The molecule has 2 saturated heterocycles. The number of nitrogens with one attached hydrogen (secondary N) is 1. The van der Waals surface area contributed by atoms with Crippen LogP contribution in [-0.2, 0) is 14.3 Å². The maximum atomic E-state index is 12.1. The van der Waals surface area contributed by atoms with E-state index in [1.807, 2.05) is 17.9 Å². The zero-order valence-corrected chi connectivity index (χ0v) is 19.4. The highest BCUT2D eigenvalue weighted by atomic mass is 16.5. The molecule has 2 aliphatic rings. The van der Waals surface area contributed by atoms with Gasteiger partial charge in [0.1, 0.15) is 5.52 Å². The van der Waals surface area contributed by atoms with Crippen LogP contribution in [0.4, 0.5) is 11.5 Å². The molecule has 2 aromatic heterocycles. The molecule has 4 heterocycles. The van der Waals surface area contributed by atoms with Gasteiger partial charge in [0, 0.05) is 62.8 Å². The number of morpholine rings is 2. The number of carbonyl (C=O) groups excluding carboxylic acids is 1. The Kier molecular flexibility index (Phi) is 6.82. The van der Waals surface area contributed by atoms with Crippen molar-refractivity contribution in [3.63, 3.8) is 0 Å². The summed E-state index contributed by atoms with van der Waals surface area (Å²) in [5.41, 5.74) is 4.53. The lowest BCUT2D eigenvalue weighted by Crippen LogP contribution is -2.47. The van der Waals surface area contributed by atoms with Crippen molar-refractivity contribution in [2.45, 2.75) is 19.4 Å². The Balaban J connectivity index is 1.36. The molecule has 9 heteroatoms. The molecule has 1 amide bonds. The van der Waals surface area contributed by atoms with Gasteiger partial charge in [0.2, 0.25) is 5.91 Å². The third kappa shape index (κ3) is 4.95. The lowest BCUT2D eigenvalue weighted by atomic mass is 10.1. The van der Waals surface area contributed by atoms with Crippen LogP contribution in [-0.4, -0.2) is 84.4 Å². The molecule has 3 aromatic rings. The van der Waals surface area contributed by atoms with E-state index >= 15 is 0 Å². The smallest absolute Gasteiger partial charge is 0.222 e. The van der Waals surface area contributed by atoms with Gasteiger partial charge in [-0.2, -0.15) is 0 Å². The topological polar surface area (TPSA) is 92.7 Å². The molecule has 5 rings (SSSR count). The second-order valence-corrected chi connectivity index (χ2v) is 8.49. The van der Waals surface area contributed by atoms with Crippen molar-refractivity contribution in [1.29, 1.82) is 0 Å². The molecule has 9 nitrogen and oxygen atoms in total. The monoisotopic (exact) mass is 462 g/mol. The van der Waals surface area contributed by atoms with E-state index in [0.717, 1.165) is 43.1 Å².